The summed E-state index contributed by atoms with van der Waals surface area (Å²) in [5.41, 5.74) is 5.68. The molecule has 0 bridgehead atoms. The van der Waals surface area contributed by atoms with Gasteiger partial charge in [0.1, 0.15) is 0 Å². The number of carbonyl (C=O) groups excluding carboxylic acids is 1. The van der Waals surface area contributed by atoms with E-state index in [1.807, 2.05) is 13.8 Å². The molecule has 1 saturated heterocycles. The Morgan fingerprint density at radius 3 is 2.68 bits per heavy atom. The summed E-state index contributed by atoms with van der Waals surface area (Å²) in [4.78, 5) is 24.9. The van der Waals surface area contributed by atoms with Gasteiger partial charge >= 0.3 is 5.97 Å². The Morgan fingerprint density at radius 2 is 2.16 bits per heavy atom. The van der Waals surface area contributed by atoms with Crippen molar-refractivity contribution in [3.8, 4) is 0 Å². The standard InChI is InChI=1S/C13H24N2O4/c1-9(2)5-10(7-14)13(18)15-3-4-19-8-11(15)6-12(16)17/h9-11H,3-8,14H2,1-2H3,(H,16,17). The summed E-state index contributed by atoms with van der Waals surface area (Å²) in [5.74, 6) is -0.793. The molecule has 0 aromatic carbocycles. The van der Waals surface area contributed by atoms with E-state index in [2.05, 4.69) is 0 Å². The van der Waals surface area contributed by atoms with Crippen LogP contribution in [0.1, 0.15) is 26.7 Å². The molecule has 0 aromatic heterocycles. The number of nitrogens with two attached hydrogens (primary N) is 1. The van der Waals surface area contributed by atoms with E-state index >= 15 is 0 Å². The van der Waals surface area contributed by atoms with Crippen LogP contribution in [0.3, 0.4) is 0 Å². The van der Waals surface area contributed by atoms with Crippen LogP contribution in [0.5, 0.6) is 0 Å². The largest absolute Gasteiger partial charge is 0.481 e. The van der Waals surface area contributed by atoms with Gasteiger partial charge in [0.15, 0.2) is 0 Å². The lowest BCUT2D eigenvalue weighted by Gasteiger charge is -2.37. The molecule has 2 atom stereocenters. The first-order valence-corrected chi connectivity index (χ1v) is 6.75. The van der Waals surface area contributed by atoms with Gasteiger partial charge in [0.05, 0.1) is 31.6 Å². The van der Waals surface area contributed by atoms with Crippen LogP contribution in [-0.2, 0) is 14.3 Å². The number of nitrogens with zero attached hydrogens (tertiary/aromatic N) is 1. The average molecular weight is 272 g/mol. The Hall–Kier alpha value is -1.14. The Bertz CT molecular complexity index is 320. The molecule has 1 fully saturated rings. The molecule has 1 aliphatic rings. The number of ether oxygens (including phenoxy) is 1. The van der Waals surface area contributed by atoms with Crippen LogP contribution in [0.4, 0.5) is 0 Å². The lowest BCUT2D eigenvalue weighted by molar-refractivity contribution is -0.149. The van der Waals surface area contributed by atoms with Crippen molar-refractivity contribution in [2.45, 2.75) is 32.7 Å². The van der Waals surface area contributed by atoms with E-state index in [0.29, 0.717) is 25.6 Å². The molecule has 1 heterocycles. The van der Waals surface area contributed by atoms with Crippen LogP contribution in [0.2, 0.25) is 0 Å². The van der Waals surface area contributed by atoms with E-state index < -0.39 is 5.97 Å². The van der Waals surface area contributed by atoms with Crippen molar-refractivity contribution in [2.75, 3.05) is 26.3 Å². The highest BCUT2D eigenvalue weighted by molar-refractivity contribution is 5.80. The minimum atomic E-state index is -0.915. The summed E-state index contributed by atoms with van der Waals surface area (Å²) in [7, 11) is 0. The zero-order valence-electron chi connectivity index (χ0n) is 11.7. The zero-order valence-corrected chi connectivity index (χ0v) is 11.7. The van der Waals surface area contributed by atoms with E-state index in [4.69, 9.17) is 15.6 Å². The molecule has 0 radical (unpaired) electrons. The van der Waals surface area contributed by atoms with E-state index in [1.54, 1.807) is 4.90 Å². The number of hydrogen-bond acceptors (Lipinski definition) is 4. The minimum Gasteiger partial charge on any atom is -0.481 e. The number of morpholine rings is 1. The monoisotopic (exact) mass is 272 g/mol. The summed E-state index contributed by atoms with van der Waals surface area (Å²) >= 11 is 0. The molecule has 0 aliphatic carbocycles. The molecular formula is C13H24N2O4. The molecule has 1 amide bonds. The predicted octanol–water partition coefficient (Wildman–Crippen LogP) is 0.310. The molecule has 0 spiro atoms. The Labute approximate surface area is 113 Å². The summed E-state index contributed by atoms with van der Waals surface area (Å²) in [6.45, 7) is 5.59. The van der Waals surface area contributed by atoms with E-state index in [-0.39, 0.29) is 30.9 Å². The first-order chi connectivity index (χ1) is 8.95. The topological polar surface area (TPSA) is 92.9 Å². The van der Waals surface area contributed by atoms with Crippen molar-refractivity contribution < 1.29 is 19.4 Å². The van der Waals surface area contributed by atoms with Gasteiger partial charge in [-0.05, 0) is 12.3 Å². The van der Waals surface area contributed by atoms with Crippen LogP contribution in [0.25, 0.3) is 0 Å². The van der Waals surface area contributed by atoms with E-state index in [0.717, 1.165) is 6.42 Å². The molecule has 19 heavy (non-hydrogen) atoms. The molecule has 1 rings (SSSR count). The number of rotatable bonds is 6. The third-order valence-corrected chi connectivity index (χ3v) is 3.31. The first kappa shape index (κ1) is 15.9. The average Bonchev–Trinajstić information content (AvgIpc) is 2.35. The third-order valence-electron chi connectivity index (χ3n) is 3.31. The summed E-state index contributed by atoms with van der Waals surface area (Å²) < 4.78 is 5.27. The summed E-state index contributed by atoms with van der Waals surface area (Å²) in [6, 6.07) is -0.375. The Balaban J connectivity index is 2.71. The number of carbonyl (C=O) groups is 2. The zero-order chi connectivity index (χ0) is 14.4. The molecular weight excluding hydrogens is 248 g/mol. The Morgan fingerprint density at radius 1 is 1.47 bits per heavy atom. The third kappa shape index (κ3) is 4.80. The quantitative estimate of drug-likeness (QED) is 0.726. The van der Waals surface area contributed by atoms with Gasteiger partial charge in [-0.25, -0.2) is 0 Å². The lowest BCUT2D eigenvalue weighted by atomic mass is 9.95. The van der Waals surface area contributed by atoms with Crippen LogP contribution in [0, 0.1) is 11.8 Å². The second-order valence-corrected chi connectivity index (χ2v) is 5.42. The highest BCUT2D eigenvalue weighted by atomic mass is 16.5. The maximum Gasteiger partial charge on any atom is 0.305 e. The SMILES string of the molecule is CC(C)CC(CN)C(=O)N1CCOCC1CC(=O)O. The van der Waals surface area contributed by atoms with Gasteiger partial charge in [-0.15, -0.1) is 0 Å². The first-order valence-electron chi connectivity index (χ1n) is 6.75. The van der Waals surface area contributed by atoms with Crippen molar-refractivity contribution in [2.24, 2.45) is 17.6 Å². The molecule has 0 saturated carbocycles. The fourth-order valence-electron chi connectivity index (χ4n) is 2.42. The number of carboxylic acid groups (broad SMARTS) is 1. The number of carboxylic acids is 1. The second-order valence-electron chi connectivity index (χ2n) is 5.42. The maximum absolute atomic E-state index is 12.5. The fraction of sp³-hybridized carbons (Fsp3) is 0.846. The van der Waals surface area contributed by atoms with Crippen molar-refractivity contribution >= 4 is 11.9 Å². The van der Waals surface area contributed by atoms with Crippen molar-refractivity contribution in [1.82, 2.24) is 4.90 Å². The van der Waals surface area contributed by atoms with Crippen LogP contribution >= 0.6 is 0 Å². The molecule has 6 heteroatoms. The lowest BCUT2D eigenvalue weighted by Crippen LogP contribution is -2.52. The van der Waals surface area contributed by atoms with Crippen LogP contribution in [0.15, 0.2) is 0 Å². The van der Waals surface area contributed by atoms with Gasteiger partial charge in [-0.1, -0.05) is 13.8 Å². The molecule has 110 valence electrons. The number of hydrogen-bond donors (Lipinski definition) is 2. The highest BCUT2D eigenvalue weighted by Crippen LogP contribution is 2.18. The summed E-state index contributed by atoms with van der Waals surface area (Å²) in [6.07, 6.45) is 0.650. The van der Waals surface area contributed by atoms with Gasteiger partial charge in [-0.3, -0.25) is 9.59 Å². The summed E-state index contributed by atoms with van der Waals surface area (Å²) in [5, 5.41) is 8.89. The number of amides is 1. The fourth-order valence-corrected chi connectivity index (χ4v) is 2.42. The van der Waals surface area contributed by atoms with Gasteiger partial charge in [0.2, 0.25) is 5.91 Å². The smallest absolute Gasteiger partial charge is 0.305 e. The van der Waals surface area contributed by atoms with E-state index in [1.165, 1.54) is 0 Å². The molecule has 0 aromatic rings. The van der Waals surface area contributed by atoms with Gasteiger partial charge < -0.3 is 20.5 Å². The van der Waals surface area contributed by atoms with Gasteiger partial charge in [-0.2, -0.15) is 0 Å². The predicted molar refractivity (Wildman–Crippen MR) is 70.6 cm³/mol. The van der Waals surface area contributed by atoms with Crippen molar-refractivity contribution in [3.63, 3.8) is 0 Å². The van der Waals surface area contributed by atoms with Gasteiger partial charge in [0.25, 0.3) is 0 Å². The van der Waals surface area contributed by atoms with Crippen molar-refractivity contribution in [1.29, 1.82) is 0 Å². The Kier molecular flexibility index (Phi) is 6.24. The second kappa shape index (κ2) is 7.45. The number of aliphatic carboxylic acids is 1. The molecule has 1 aliphatic heterocycles. The van der Waals surface area contributed by atoms with E-state index in [9.17, 15) is 9.59 Å². The molecule has 3 N–H and O–H groups in total. The normalized spacial score (nSPS) is 21.5. The molecule has 6 nitrogen and oxygen atoms in total. The molecule has 2 unspecified atom stereocenters. The van der Waals surface area contributed by atoms with Crippen molar-refractivity contribution in [3.05, 3.63) is 0 Å². The van der Waals surface area contributed by atoms with Gasteiger partial charge in [0, 0.05) is 13.1 Å². The minimum absolute atomic E-state index is 0.0363. The maximum atomic E-state index is 12.5. The van der Waals surface area contributed by atoms with Crippen LogP contribution < -0.4 is 5.73 Å². The van der Waals surface area contributed by atoms with Crippen LogP contribution in [-0.4, -0.2) is 54.2 Å². The highest BCUT2D eigenvalue weighted by Gasteiger charge is 2.32.